The third-order valence-electron chi connectivity index (χ3n) is 5.18. The minimum atomic E-state index is 0.171. The second-order valence-corrected chi connectivity index (χ2v) is 6.90. The highest BCUT2D eigenvalue weighted by molar-refractivity contribution is 5.80. The Labute approximate surface area is 111 Å². The molecule has 0 radical (unpaired) electrons. The Morgan fingerprint density at radius 3 is 2.39 bits per heavy atom. The maximum Gasteiger partial charge on any atom is 0.226 e. The van der Waals surface area contributed by atoms with Crippen LogP contribution in [-0.4, -0.2) is 29.9 Å². The molecule has 0 saturated heterocycles. The Morgan fingerprint density at radius 1 is 1.17 bits per heavy atom. The van der Waals surface area contributed by atoms with Gasteiger partial charge in [-0.1, -0.05) is 33.1 Å². The largest absolute Gasteiger partial charge is 0.341 e. The van der Waals surface area contributed by atoms with Crippen molar-refractivity contribution in [3.63, 3.8) is 0 Å². The number of amides is 1. The van der Waals surface area contributed by atoms with E-state index >= 15 is 0 Å². The van der Waals surface area contributed by atoms with Gasteiger partial charge in [-0.25, -0.2) is 0 Å². The standard InChI is InChI=1S/C15H28N2O/c1-15(2)10-6-7-11(15)14(18)17(3)13-9-5-4-8-12(13)16/h11-13H,4-10,16H2,1-3H3. The van der Waals surface area contributed by atoms with E-state index in [4.69, 9.17) is 5.73 Å². The van der Waals surface area contributed by atoms with Crippen molar-refractivity contribution in [2.24, 2.45) is 17.1 Å². The quantitative estimate of drug-likeness (QED) is 0.821. The maximum atomic E-state index is 12.7. The third-order valence-corrected chi connectivity index (χ3v) is 5.18. The number of hydrogen-bond acceptors (Lipinski definition) is 2. The van der Waals surface area contributed by atoms with Crippen molar-refractivity contribution in [2.45, 2.75) is 70.9 Å². The molecule has 0 heterocycles. The molecule has 3 nitrogen and oxygen atoms in total. The van der Waals surface area contributed by atoms with E-state index in [1.54, 1.807) is 0 Å². The van der Waals surface area contributed by atoms with Crippen molar-refractivity contribution in [1.82, 2.24) is 4.90 Å². The number of rotatable bonds is 2. The van der Waals surface area contributed by atoms with Crippen LogP contribution >= 0.6 is 0 Å². The van der Waals surface area contributed by atoms with Crippen molar-refractivity contribution in [3.8, 4) is 0 Å². The van der Waals surface area contributed by atoms with Crippen LogP contribution in [0.4, 0.5) is 0 Å². The molecule has 2 aliphatic carbocycles. The van der Waals surface area contributed by atoms with Crippen LogP contribution in [0.2, 0.25) is 0 Å². The molecule has 0 aromatic carbocycles. The number of likely N-dealkylation sites (N-methyl/N-ethyl adjacent to an activating group) is 1. The first-order valence-corrected chi connectivity index (χ1v) is 7.46. The molecule has 3 unspecified atom stereocenters. The molecule has 2 aliphatic rings. The molecular formula is C15H28N2O. The second kappa shape index (κ2) is 5.20. The van der Waals surface area contributed by atoms with Crippen LogP contribution in [0.5, 0.6) is 0 Å². The smallest absolute Gasteiger partial charge is 0.226 e. The summed E-state index contributed by atoms with van der Waals surface area (Å²) in [5, 5.41) is 0. The highest BCUT2D eigenvalue weighted by Gasteiger charge is 2.42. The predicted molar refractivity (Wildman–Crippen MR) is 74.1 cm³/mol. The molecule has 0 aromatic heterocycles. The van der Waals surface area contributed by atoms with E-state index in [1.165, 1.54) is 25.7 Å². The Kier molecular flexibility index (Phi) is 4.00. The zero-order valence-electron chi connectivity index (χ0n) is 12.1. The lowest BCUT2D eigenvalue weighted by Crippen LogP contribution is -2.52. The summed E-state index contributed by atoms with van der Waals surface area (Å²) in [5.41, 5.74) is 6.36. The van der Waals surface area contributed by atoms with Gasteiger partial charge in [0.05, 0.1) is 0 Å². The summed E-state index contributed by atoms with van der Waals surface area (Å²) in [6.45, 7) is 4.47. The van der Waals surface area contributed by atoms with Crippen molar-refractivity contribution >= 4 is 5.91 Å². The average molecular weight is 252 g/mol. The molecule has 2 fully saturated rings. The predicted octanol–water partition coefficient (Wildman–Crippen LogP) is 2.54. The summed E-state index contributed by atoms with van der Waals surface area (Å²) in [6.07, 6.45) is 7.99. The summed E-state index contributed by atoms with van der Waals surface area (Å²) in [4.78, 5) is 14.6. The SMILES string of the molecule is CN(C(=O)C1CCCC1(C)C)C1CCCCC1N. The Morgan fingerprint density at radius 2 is 1.83 bits per heavy atom. The molecule has 2 saturated carbocycles. The van der Waals surface area contributed by atoms with Gasteiger partial charge in [-0.05, 0) is 31.1 Å². The first-order valence-electron chi connectivity index (χ1n) is 7.46. The summed E-state index contributed by atoms with van der Waals surface area (Å²) < 4.78 is 0. The number of carbonyl (C=O) groups excluding carboxylic acids is 1. The molecule has 2 N–H and O–H groups in total. The molecule has 0 aromatic rings. The summed E-state index contributed by atoms with van der Waals surface area (Å²) in [5.74, 6) is 0.538. The fourth-order valence-electron chi connectivity index (χ4n) is 3.81. The van der Waals surface area contributed by atoms with Gasteiger partial charge in [-0.2, -0.15) is 0 Å². The maximum absolute atomic E-state index is 12.7. The van der Waals surface area contributed by atoms with Crippen LogP contribution in [0.3, 0.4) is 0 Å². The highest BCUT2D eigenvalue weighted by Crippen LogP contribution is 2.43. The van der Waals surface area contributed by atoms with Crippen molar-refractivity contribution in [2.75, 3.05) is 7.05 Å². The van der Waals surface area contributed by atoms with E-state index in [-0.39, 0.29) is 23.4 Å². The van der Waals surface area contributed by atoms with Gasteiger partial charge in [0, 0.05) is 25.0 Å². The fraction of sp³-hybridized carbons (Fsp3) is 0.933. The highest BCUT2D eigenvalue weighted by atomic mass is 16.2. The molecular weight excluding hydrogens is 224 g/mol. The minimum absolute atomic E-state index is 0.171. The number of hydrogen-bond donors (Lipinski definition) is 1. The lowest BCUT2D eigenvalue weighted by Gasteiger charge is -2.39. The molecule has 2 rings (SSSR count). The summed E-state index contributed by atoms with van der Waals surface area (Å²) >= 11 is 0. The fourth-order valence-corrected chi connectivity index (χ4v) is 3.81. The molecule has 3 atom stereocenters. The van der Waals surface area contributed by atoms with E-state index in [9.17, 15) is 4.79 Å². The zero-order valence-corrected chi connectivity index (χ0v) is 12.1. The van der Waals surface area contributed by atoms with Crippen molar-refractivity contribution in [3.05, 3.63) is 0 Å². The topological polar surface area (TPSA) is 46.3 Å². The van der Waals surface area contributed by atoms with Gasteiger partial charge in [0.1, 0.15) is 0 Å². The van der Waals surface area contributed by atoms with E-state index in [2.05, 4.69) is 13.8 Å². The van der Waals surface area contributed by atoms with Crippen LogP contribution < -0.4 is 5.73 Å². The van der Waals surface area contributed by atoms with Gasteiger partial charge < -0.3 is 10.6 Å². The van der Waals surface area contributed by atoms with E-state index in [1.807, 2.05) is 11.9 Å². The van der Waals surface area contributed by atoms with Gasteiger partial charge in [0.2, 0.25) is 5.91 Å². The summed E-state index contributed by atoms with van der Waals surface area (Å²) in [6, 6.07) is 0.444. The molecule has 0 bridgehead atoms. The van der Waals surface area contributed by atoms with E-state index in [0.717, 1.165) is 19.3 Å². The van der Waals surface area contributed by atoms with Gasteiger partial charge in [-0.3, -0.25) is 4.79 Å². The zero-order chi connectivity index (χ0) is 13.3. The second-order valence-electron chi connectivity index (χ2n) is 6.90. The Bertz CT molecular complexity index is 314. The third kappa shape index (κ3) is 2.56. The first-order chi connectivity index (χ1) is 8.43. The molecule has 3 heteroatoms. The minimum Gasteiger partial charge on any atom is -0.341 e. The molecule has 18 heavy (non-hydrogen) atoms. The van der Waals surface area contributed by atoms with Gasteiger partial charge in [0.25, 0.3) is 0 Å². The molecule has 0 spiro atoms. The summed E-state index contributed by atoms with van der Waals surface area (Å²) in [7, 11) is 1.96. The number of nitrogens with zero attached hydrogens (tertiary/aromatic N) is 1. The Hall–Kier alpha value is -0.570. The van der Waals surface area contributed by atoms with Crippen LogP contribution in [-0.2, 0) is 4.79 Å². The average Bonchev–Trinajstić information content (AvgIpc) is 2.68. The first kappa shape index (κ1) is 13.9. The lowest BCUT2D eigenvalue weighted by atomic mass is 9.80. The van der Waals surface area contributed by atoms with E-state index < -0.39 is 0 Å². The van der Waals surface area contributed by atoms with Crippen LogP contribution in [0.1, 0.15) is 58.8 Å². The molecule has 1 amide bonds. The number of carbonyl (C=O) groups is 1. The normalized spacial score (nSPS) is 35.4. The van der Waals surface area contributed by atoms with Crippen LogP contribution in [0.25, 0.3) is 0 Å². The van der Waals surface area contributed by atoms with Crippen molar-refractivity contribution in [1.29, 1.82) is 0 Å². The Balaban J connectivity index is 2.04. The number of nitrogens with two attached hydrogens (primary N) is 1. The van der Waals surface area contributed by atoms with Crippen LogP contribution in [0.15, 0.2) is 0 Å². The van der Waals surface area contributed by atoms with Crippen molar-refractivity contribution < 1.29 is 4.79 Å². The molecule has 0 aliphatic heterocycles. The van der Waals surface area contributed by atoms with E-state index in [0.29, 0.717) is 5.91 Å². The molecule has 104 valence electrons. The van der Waals surface area contributed by atoms with Gasteiger partial charge in [0.15, 0.2) is 0 Å². The van der Waals surface area contributed by atoms with Crippen LogP contribution in [0, 0.1) is 11.3 Å². The van der Waals surface area contributed by atoms with Gasteiger partial charge >= 0.3 is 0 Å². The monoisotopic (exact) mass is 252 g/mol. The lowest BCUT2D eigenvalue weighted by molar-refractivity contribution is -0.140. The van der Waals surface area contributed by atoms with Gasteiger partial charge in [-0.15, -0.1) is 0 Å².